The molecule has 2 aromatic carbocycles. The van der Waals surface area contributed by atoms with Crippen molar-refractivity contribution in [2.75, 3.05) is 6.61 Å². The number of ether oxygens (including phenoxy) is 1. The Kier molecular flexibility index (Phi) is 3.43. The SMILES string of the molecule is CC(O)c1ccc2ccccc2c1OCCC1CC1. The molecule has 0 spiro atoms. The molecule has 1 unspecified atom stereocenters. The molecule has 1 N–H and O–H groups in total. The highest BCUT2D eigenvalue weighted by Crippen LogP contribution is 2.36. The van der Waals surface area contributed by atoms with Gasteiger partial charge in [-0.1, -0.05) is 49.2 Å². The van der Waals surface area contributed by atoms with Gasteiger partial charge in [0.15, 0.2) is 0 Å². The topological polar surface area (TPSA) is 29.5 Å². The Morgan fingerprint density at radius 1 is 1.21 bits per heavy atom. The van der Waals surface area contributed by atoms with E-state index in [-0.39, 0.29) is 0 Å². The number of hydrogen-bond acceptors (Lipinski definition) is 2. The van der Waals surface area contributed by atoms with Crippen molar-refractivity contribution >= 4 is 10.8 Å². The van der Waals surface area contributed by atoms with Crippen LogP contribution in [0.15, 0.2) is 36.4 Å². The Morgan fingerprint density at radius 3 is 2.74 bits per heavy atom. The molecule has 0 amide bonds. The molecule has 0 aliphatic heterocycles. The summed E-state index contributed by atoms with van der Waals surface area (Å²) in [6, 6.07) is 12.2. The first-order valence-corrected chi connectivity index (χ1v) is 7.08. The third kappa shape index (κ3) is 2.74. The zero-order valence-corrected chi connectivity index (χ0v) is 11.3. The summed E-state index contributed by atoms with van der Waals surface area (Å²) in [5.41, 5.74) is 0.884. The minimum atomic E-state index is -0.500. The molecule has 1 aliphatic rings. The van der Waals surface area contributed by atoms with Gasteiger partial charge >= 0.3 is 0 Å². The number of aliphatic hydroxyl groups is 1. The van der Waals surface area contributed by atoms with Gasteiger partial charge in [-0.25, -0.2) is 0 Å². The van der Waals surface area contributed by atoms with Crippen molar-refractivity contribution in [2.45, 2.75) is 32.3 Å². The molecule has 2 nitrogen and oxygen atoms in total. The van der Waals surface area contributed by atoms with Crippen molar-refractivity contribution in [3.63, 3.8) is 0 Å². The van der Waals surface area contributed by atoms with Crippen LogP contribution in [0.25, 0.3) is 10.8 Å². The molecule has 0 saturated heterocycles. The third-order valence-corrected chi connectivity index (χ3v) is 3.83. The van der Waals surface area contributed by atoms with Crippen LogP contribution >= 0.6 is 0 Å². The molecule has 2 aromatic rings. The maximum atomic E-state index is 9.90. The lowest BCUT2D eigenvalue weighted by atomic mass is 10.0. The fraction of sp³-hybridized carbons (Fsp3) is 0.412. The highest BCUT2D eigenvalue weighted by Gasteiger charge is 2.21. The normalized spacial score (nSPS) is 16.5. The second-order valence-corrected chi connectivity index (χ2v) is 5.46. The van der Waals surface area contributed by atoms with Crippen LogP contribution in [0.5, 0.6) is 5.75 Å². The predicted molar refractivity (Wildman–Crippen MR) is 77.4 cm³/mol. The molecule has 3 rings (SSSR count). The number of hydrogen-bond donors (Lipinski definition) is 1. The second kappa shape index (κ2) is 5.22. The van der Waals surface area contributed by atoms with E-state index < -0.39 is 6.10 Å². The molecule has 19 heavy (non-hydrogen) atoms. The number of rotatable bonds is 5. The lowest BCUT2D eigenvalue weighted by molar-refractivity contribution is 0.191. The largest absolute Gasteiger partial charge is 0.493 e. The van der Waals surface area contributed by atoms with E-state index in [9.17, 15) is 5.11 Å². The van der Waals surface area contributed by atoms with Gasteiger partial charge in [0.25, 0.3) is 0 Å². The van der Waals surface area contributed by atoms with Crippen molar-refractivity contribution in [1.82, 2.24) is 0 Å². The van der Waals surface area contributed by atoms with Gasteiger partial charge in [-0.05, 0) is 24.6 Å². The van der Waals surface area contributed by atoms with Gasteiger partial charge in [0.05, 0.1) is 12.7 Å². The van der Waals surface area contributed by atoms with Gasteiger partial charge < -0.3 is 9.84 Å². The van der Waals surface area contributed by atoms with Gasteiger partial charge in [-0.15, -0.1) is 0 Å². The summed E-state index contributed by atoms with van der Waals surface area (Å²) in [5.74, 6) is 1.72. The van der Waals surface area contributed by atoms with Crippen molar-refractivity contribution in [3.05, 3.63) is 42.0 Å². The maximum Gasteiger partial charge on any atom is 0.132 e. The van der Waals surface area contributed by atoms with E-state index in [1.807, 2.05) is 24.3 Å². The van der Waals surface area contributed by atoms with Gasteiger partial charge in [0.2, 0.25) is 0 Å². The average molecular weight is 256 g/mol. The molecule has 1 atom stereocenters. The summed E-state index contributed by atoms with van der Waals surface area (Å²) in [4.78, 5) is 0. The van der Waals surface area contributed by atoms with Crippen LogP contribution in [0, 0.1) is 5.92 Å². The average Bonchev–Trinajstić information content (AvgIpc) is 3.22. The number of fused-ring (bicyclic) bond motifs is 1. The van der Waals surface area contributed by atoms with Crippen molar-refractivity contribution in [2.24, 2.45) is 5.92 Å². The van der Waals surface area contributed by atoms with Crippen molar-refractivity contribution in [1.29, 1.82) is 0 Å². The summed E-state index contributed by atoms with van der Waals surface area (Å²) in [6.07, 6.45) is 3.33. The summed E-state index contributed by atoms with van der Waals surface area (Å²) in [5, 5.41) is 12.2. The van der Waals surface area contributed by atoms with Crippen LogP contribution in [0.1, 0.15) is 37.9 Å². The first kappa shape index (κ1) is 12.5. The first-order valence-electron chi connectivity index (χ1n) is 7.08. The molecule has 1 fully saturated rings. The van der Waals surface area contributed by atoms with Crippen LogP contribution in [0.2, 0.25) is 0 Å². The van der Waals surface area contributed by atoms with E-state index in [2.05, 4.69) is 12.1 Å². The van der Waals surface area contributed by atoms with E-state index in [4.69, 9.17) is 4.74 Å². The van der Waals surface area contributed by atoms with E-state index in [1.54, 1.807) is 6.92 Å². The highest BCUT2D eigenvalue weighted by molar-refractivity contribution is 5.89. The van der Waals surface area contributed by atoms with Crippen molar-refractivity contribution in [3.8, 4) is 5.75 Å². The second-order valence-electron chi connectivity index (χ2n) is 5.46. The highest BCUT2D eigenvalue weighted by atomic mass is 16.5. The van der Waals surface area contributed by atoms with Gasteiger partial charge in [0.1, 0.15) is 5.75 Å². The smallest absolute Gasteiger partial charge is 0.132 e. The summed E-state index contributed by atoms with van der Waals surface area (Å²) in [6.45, 7) is 2.54. The Labute approximate surface area is 114 Å². The standard InChI is InChI=1S/C17H20O2/c1-12(18)15-9-8-14-4-2-3-5-16(14)17(15)19-11-10-13-6-7-13/h2-5,8-9,12-13,18H,6-7,10-11H2,1H3. The molecule has 0 radical (unpaired) electrons. The minimum Gasteiger partial charge on any atom is -0.493 e. The summed E-state index contributed by atoms with van der Waals surface area (Å²) >= 11 is 0. The molecule has 1 saturated carbocycles. The van der Waals surface area contributed by atoms with Gasteiger partial charge in [-0.2, -0.15) is 0 Å². The Morgan fingerprint density at radius 2 is 2.00 bits per heavy atom. The quantitative estimate of drug-likeness (QED) is 0.873. The Hall–Kier alpha value is -1.54. The lowest BCUT2D eigenvalue weighted by Gasteiger charge is -2.16. The first-order chi connectivity index (χ1) is 9.25. The fourth-order valence-corrected chi connectivity index (χ4v) is 2.48. The third-order valence-electron chi connectivity index (χ3n) is 3.83. The predicted octanol–water partition coefficient (Wildman–Crippen LogP) is 4.07. The zero-order valence-electron chi connectivity index (χ0n) is 11.3. The Balaban J connectivity index is 1.93. The molecular weight excluding hydrogens is 236 g/mol. The van der Waals surface area contributed by atoms with Crippen molar-refractivity contribution < 1.29 is 9.84 Å². The molecule has 2 heteroatoms. The fourth-order valence-electron chi connectivity index (χ4n) is 2.48. The maximum absolute atomic E-state index is 9.90. The monoisotopic (exact) mass is 256 g/mol. The summed E-state index contributed by atoms with van der Waals surface area (Å²) in [7, 11) is 0. The molecular formula is C17H20O2. The Bertz CT molecular complexity index is 570. The van der Waals surface area contributed by atoms with E-state index in [1.165, 1.54) is 12.8 Å². The number of aliphatic hydroxyl groups excluding tert-OH is 1. The van der Waals surface area contributed by atoms with E-state index >= 15 is 0 Å². The zero-order chi connectivity index (χ0) is 13.2. The van der Waals surface area contributed by atoms with Gasteiger partial charge in [0, 0.05) is 10.9 Å². The molecule has 0 bridgehead atoms. The number of benzene rings is 2. The van der Waals surface area contributed by atoms with Crippen LogP contribution < -0.4 is 4.74 Å². The molecule has 100 valence electrons. The molecule has 0 aromatic heterocycles. The minimum absolute atomic E-state index is 0.500. The van der Waals surface area contributed by atoms with E-state index in [0.717, 1.165) is 41.0 Å². The van der Waals surface area contributed by atoms with E-state index in [0.29, 0.717) is 0 Å². The molecule has 1 aliphatic carbocycles. The molecule has 0 heterocycles. The summed E-state index contributed by atoms with van der Waals surface area (Å²) < 4.78 is 6.00. The lowest BCUT2D eigenvalue weighted by Crippen LogP contribution is -2.03. The van der Waals surface area contributed by atoms with Crippen LogP contribution in [0.3, 0.4) is 0 Å². The van der Waals surface area contributed by atoms with Gasteiger partial charge in [-0.3, -0.25) is 0 Å². The van der Waals surface area contributed by atoms with Crippen LogP contribution in [0.4, 0.5) is 0 Å². The van der Waals surface area contributed by atoms with Crippen LogP contribution in [-0.2, 0) is 0 Å². The van der Waals surface area contributed by atoms with Crippen LogP contribution in [-0.4, -0.2) is 11.7 Å².